The van der Waals surface area contributed by atoms with Crippen LogP contribution < -0.4 is 10.6 Å². The number of nitrogens with one attached hydrogen (secondary N) is 4. The van der Waals surface area contributed by atoms with Crippen molar-refractivity contribution in [3.63, 3.8) is 0 Å². The van der Waals surface area contributed by atoms with Crippen LogP contribution in [0.3, 0.4) is 0 Å². The van der Waals surface area contributed by atoms with Gasteiger partial charge in [0.05, 0.1) is 11.8 Å². The van der Waals surface area contributed by atoms with Gasteiger partial charge in [-0.15, -0.1) is 0 Å². The van der Waals surface area contributed by atoms with Gasteiger partial charge in [-0.25, -0.2) is 0 Å². The molecule has 12 atom stereocenters. The molecule has 6 N–H and O–H groups in total. The number of hydrogen-bond donors (Lipinski definition) is 6. The number of H-pyrrole nitrogens is 2. The standard InChI is InChI=1S/2C35H39N5O5.C6H6/c2*1-20(2)34(37-31(41)23-16-25-24-11-7-12-26-30(24)22(18-36-26)17-27(25)38(3)19-23)33(43)40-28(15-21-9-5-4-6-10-21)32(42)39-14-8-13-29(39)35(40,44)45-34;1-2-4-6-5-3-1/h2*4-7,9-12,16,18,20,23,27-29,36,44H,8,13-15,17,19H2,1-3H3,(H,37,41);1-6H. The Balaban J connectivity index is 0.000000145. The first-order valence-electron chi connectivity index (χ1n) is 34.1. The Morgan fingerprint density at radius 2 is 0.917 bits per heavy atom. The molecule has 2 aromatic heterocycles. The van der Waals surface area contributed by atoms with E-state index in [1.54, 1.807) is 37.5 Å². The Morgan fingerprint density at radius 3 is 1.29 bits per heavy atom. The Hall–Kier alpha value is -8.76. The second-order valence-corrected chi connectivity index (χ2v) is 28.4. The van der Waals surface area contributed by atoms with Crippen LogP contribution in [0.5, 0.6) is 0 Å². The summed E-state index contributed by atoms with van der Waals surface area (Å²) in [6, 6.07) is 40.3. The van der Waals surface area contributed by atoms with Gasteiger partial charge in [-0.1, -0.05) is 161 Å². The highest BCUT2D eigenvalue weighted by Gasteiger charge is 2.74. The molecule has 8 aliphatic heterocycles. The molecule has 6 fully saturated rings. The predicted octanol–water partition coefficient (Wildman–Crippen LogP) is 6.94. The van der Waals surface area contributed by atoms with Crippen LogP contribution in [0.1, 0.15) is 86.8 Å². The highest BCUT2D eigenvalue weighted by molar-refractivity contribution is 6.03. The van der Waals surface area contributed by atoms with Crippen molar-refractivity contribution >= 4 is 68.4 Å². The maximum absolute atomic E-state index is 14.6. The molecule has 0 radical (unpaired) electrons. The van der Waals surface area contributed by atoms with Gasteiger partial charge in [-0.05, 0) is 109 Å². The van der Waals surface area contributed by atoms with Gasteiger partial charge in [-0.3, -0.25) is 57.8 Å². The minimum absolute atomic E-state index is 0.138. The first-order chi connectivity index (χ1) is 46.2. The molecule has 0 bridgehead atoms. The minimum atomic E-state index is -2.06. The van der Waals surface area contributed by atoms with E-state index in [0.717, 1.165) is 57.3 Å². The van der Waals surface area contributed by atoms with Crippen LogP contribution >= 0.6 is 0 Å². The number of fused-ring (bicyclic) bond motifs is 10. The number of ether oxygens (including phenoxy) is 2. The maximum Gasteiger partial charge on any atom is 0.281 e. The van der Waals surface area contributed by atoms with Crippen molar-refractivity contribution in [2.45, 2.75) is 139 Å². The van der Waals surface area contributed by atoms with E-state index in [9.17, 15) is 39.0 Å². The third-order valence-corrected chi connectivity index (χ3v) is 22.2. The molecule has 10 aliphatic rings. The van der Waals surface area contributed by atoms with Gasteiger partial charge >= 0.3 is 0 Å². The highest BCUT2D eigenvalue weighted by Crippen LogP contribution is 2.51. The summed E-state index contributed by atoms with van der Waals surface area (Å²) in [7, 11) is 4.06. The molecule has 20 heteroatoms. The molecule has 96 heavy (non-hydrogen) atoms. The summed E-state index contributed by atoms with van der Waals surface area (Å²) in [6.07, 6.45) is 12.8. The molecule has 12 unspecified atom stereocenters. The van der Waals surface area contributed by atoms with Crippen LogP contribution in [0.4, 0.5) is 0 Å². The second kappa shape index (κ2) is 24.1. The van der Waals surface area contributed by atoms with E-state index in [1.807, 2.05) is 135 Å². The normalized spacial score (nSPS) is 31.0. The molecule has 498 valence electrons. The van der Waals surface area contributed by atoms with E-state index in [0.29, 0.717) is 51.9 Å². The number of aromatic amines is 2. The lowest BCUT2D eigenvalue weighted by molar-refractivity contribution is -0.322. The Morgan fingerprint density at radius 1 is 0.542 bits per heavy atom. The molecule has 0 saturated carbocycles. The zero-order valence-electron chi connectivity index (χ0n) is 55.1. The van der Waals surface area contributed by atoms with Crippen LogP contribution in [0.15, 0.2) is 158 Å². The van der Waals surface area contributed by atoms with Crippen molar-refractivity contribution in [1.29, 1.82) is 0 Å². The molecule has 20 nitrogen and oxygen atoms in total. The van der Waals surface area contributed by atoms with Gasteiger partial charge in [0.1, 0.15) is 24.2 Å². The average molecular weight is 1300 g/mol. The van der Waals surface area contributed by atoms with E-state index >= 15 is 0 Å². The zero-order chi connectivity index (χ0) is 66.7. The van der Waals surface area contributed by atoms with Crippen LogP contribution in [0.2, 0.25) is 0 Å². The number of rotatable bonds is 10. The molecule has 10 heterocycles. The first kappa shape index (κ1) is 63.3. The average Bonchev–Trinajstić information content (AvgIpc) is 1.53. The molecule has 5 aromatic carbocycles. The largest absolute Gasteiger partial charge is 0.361 e. The number of nitrogens with zero attached hydrogens (tertiary/aromatic N) is 6. The van der Waals surface area contributed by atoms with Gasteiger partial charge in [-0.2, -0.15) is 0 Å². The SMILES string of the molecule is CC(C)C1(NC(=O)C2C=C3c4cccc5[nH]cc(c45)CC3N(C)C2)OC2(O)C3CCCN3C(=O)C(Cc3ccccc3)N2C1=O.CC(C)C1(NC(=O)C2C=C3c4cccc5[nH]cc(c45)CC3N(C)C2)OC2(O)C3CCCN3C(=O)C(Cc3ccccc3)N2C1=O.c1ccccc1. The lowest BCUT2D eigenvalue weighted by Crippen LogP contribution is -2.71. The topological polar surface area (TPSA) is 236 Å². The van der Waals surface area contributed by atoms with E-state index < -0.39 is 82.9 Å². The quantitative estimate of drug-likeness (QED) is 0.0817. The fourth-order valence-electron chi connectivity index (χ4n) is 17.3. The molecular weight excluding hydrogens is 1210 g/mol. The fourth-order valence-corrected chi connectivity index (χ4v) is 17.3. The molecule has 0 spiro atoms. The molecule has 6 amide bonds. The maximum atomic E-state index is 14.6. The highest BCUT2D eigenvalue weighted by atomic mass is 16.7. The van der Waals surface area contributed by atoms with Crippen molar-refractivity contribution in [1.82, 2.24) is 50.0 Å². The second-order valence-electron chi connectivity index (χ2n) is 28.4. The van der Waals surface area contributed by atoms with Crippen molar-refractivity contribution in [3.8, 4) is 0 Å². The minimum Gasteiger partial charge on any atom is -0.361 e. The lowest BCUT2D eigenvalue weighted by atomic mass is 9.79. The number of likely N-dealkylation sites (N-methyl/N-ethyl adjacent to an activating group) is 2. The summed E-state index contributed by atoms with van der Waals surface area (Å²) in [5.41, 5.74) is 7.19. The third-order valence-electron chi connectivity index (χ3n) is 22.2. The van der Waals surface area contributed by atoms with Crippen molar-refractivity contribution in [2.75, 3.05) is 40.3 Å². The monoisotopic (exact) mass is 1300 g/mol. The number of carbonyl (C=O) groups excluding carboxylic acids is 6. The molecule has 2 aliphatic carbocycles. The lowest BCUT2D eigenvalue weighted by Gasteiger charge is -2.48. The van der Waals surface area contributed by atoms with E-state index in [2.05, 4.69) is 67.1 Å². The Labute approximate surface area is 558 Å². The smallest absolute Gasteiger partial charge is 0.281 e. The van der Waals surface area contributed by atoms with Gasteiger partial charge in [0.2, 0.25) is 35.1 Å². The Kier molecular flexibility index (Phi) is 15.9. The molecular formula is C76H84N10O10. The van der Waals surface area contributed by atoms with Crippen LogP contribution in [0, 0.1) is 23.7 Å². The van der Waals surface area contributed by atoms with Crippen molar-refractivity contribution in [3.05, 3.63) is 191 Å². The van der Waals surface area contributed by atoms with E-state index in [1.165, 1.54) is 31.7 Å². The van der Waals surface area contributed by atoms with Gasteiger partial charge in [0.25, 0.3) is 23.6 Å². The number of carbonyl (C=O) groups is 6. The van der Waals surface area contributed by atoms with E-state index in [4.69, 9.17) is 9.47 Å². The zero-order valence-corrected chi connectivity index (χ0v) is 55.1. The summed E-state index contributed by atoms with van der Waals surface area (Å²) < 4.78 is 13.0. The van der Waals surface area contributed by atoms with Gasteiger partial charge < -0.3 is 40.6 Å². The number of aromatic nitrogens is 2. The predicted molar refractivity (Wildman–Crippen MR) is 361 cm³/mol. The molecule has 17 rings (SSSR count). The number of benzene rings is 5. The van der Waals surface area contributed by atoms with Gasteiger partial charge in [0.15, 0.2) is 0 Å². The number of hydrogen-bond acceptors (Lipinski definition) is 12. The molecule has 7 aromatic rings. The summed E-state index contributed by atoms with van der Waals surface area (Å²) in [6.45, 7) is 9.13. The van der Waals surface area contributed by atoms with Gasteiger partial charge in [0, 0.05) is 97.1 Å². The summed E-state index contributed by atoms with van der Waals surface area (Å²) in [5.74, 6) is -8.54. The number of piperazine rings is 2. The third kappa shape index (κ3) is 10.1. The van der Waals surface area contributed by atoms with Crippen LogP contribution in [0.25, 0.3) is 33.0 Å². The van der Waals surface area contributed by atoms with Crippen molar-refractivity contribution < 1.29 is 48.5 Å². The fraction of sp³-hybridized carbons (Fsp3) is 0.421. The van der Waals surface area contributed by atoms with Crippen LogP contribution in [-0.4, -0.2) is 185 Å². The Bertz CT molecular complexity index is 4010. The summed E-state index contributed by atoms with van der Waals surface area (Å²) in [5, 5.41) is 33.0. The summed E-state index contributed by atoms with van der Waals surface area (Å²) in [4.78, 5) is 102. The number of aliphatic hydroxyl groups is 2. The molecule has 6 saturated heterocycles. The first-order valence-corrected chi connectivity index (χ1v) is 34.1. The van der Waals surface area contributed by atoms with Crippen molar-refractivity contribution in [2.24, 2.45) is 23.7 Å². The number of amides is 6. The van der Waals surface area contributed by atoms with Crippen LogP contribution in [-0.2, 0) is 63.9 Å². The van der Waals surface area contributed by atoms with E-state index in [-0.39, 0.29) is 48.6 Å². The summed E-state index contributed by atoms with van der Waals surface area (Å²) >= 11 is 0.